The van der Waals surface area contributed by atoms with Crippen LogP contribution in [0.2, 0.25) is 0 Å². The molecule has 0 atom stereocenters. The van der Waals surface area contributed by atoms with E-state index in [9.17, 15) is 4.79 Å². The standard InChI is InChI=1S/C15H17N3O3/c1-20-15-13(6-3-8-17-15)14(19)18-11-4-2-5-12(10-11)21-9-7-16/h2-6,8,10H,7,9,16H2,1H3,(H,18,19). The highest BCUT2D eigenvalue weighted by atomic mass is 16.5. The number of anilines is 1. The molecule has 2 rings (SSSR count). The van der Waals surface area contributed by atoms with Gasteiger partial charge in [0, 0.05) is 24.5 Å². The van der Waals surface area contributed by atoms with Gasteiger partial charge in [0.25, 0.3) is 5.91 Å². The second kappa shape index (κ2) is 7.25. The maximum Gasteiger partial charge on any atom is 0.261 e. The van der Waals surface area contributed by atoms with E-state index in [-0.39, 0.29) is 11.8 Å². The number of aromatic nitrogens is 1. The van der Waals surface area contributed by atoms with E-state index >= 15 is 0 Å². The molecule has 0 spiro atoms. The minimum atomic E-state index is -0.295. The molecule has 0 aliphatic carbocycles. The predicted octanol–water partition coefficient (Wildman–Crippen LogP) is 1.68. The third kappa shape index (κ3) is 3.93. The first kappa shape index (κ1) is 14.8. The van der Waals surface area contributed by atoms with Crippen molar-refractivity contribution in [2.75, 3.05) is 25.6 Å². The Labute approximate surface area is 122 Å². The number of rotatable bonds is 6. The summed E-state index contributed by atoms with van der Waals surface area (Å²) in [7, 11) is 1.47. The van der Waals surface area contributed by atoms with Crippen molar-refractivity contribution in [2.24, 2.45) is 5.73 Å². The highest BCUT2D eigenvalue weighted by Crippen LogP contribution is 2.20. The molecule has 0 aliphatic rings. The molecule has 0 radical (unpaired) electrons. The summed E-state index contributed by atoms with van der Waals surface area (Å²) in [6.07, 6.45) is 1.57. The average Bonchev–Trinajstić information content (AvgIpc) is 2.53. The largest absolute Gasteiger partial charge is 0.492 e. The normalized spacial score (nSPS) is 10.0. The molecule has 0 unspecified atom stereocenters. The van der Waals surface area contributed by atoms with Crippen molar-refractivity contribution in [3.05, 3.63) is 48.2 Å². The van der Waals surface area contributed by atoms with E-state index in [0.29, 0.717) is 30.2 Å². The molecule has 6 heteroatoms. The van der Waals surface area contributed by atoms with E-state index in [0.717, 1.165) is 0 Å². The van der Waals surface area contributed by atoms with Crippen molar-refractivity contribution in [1.29, 1.82) is 0 Å². The van der Waals surface area contributed by atoms with Gasteiger partial charge in [-0.2, -0.15) is 0 Å². The number of carbonyl (C=O) groups excluding carboxylic acids is 1. The molecule has 1 amide bonds. The van der Waals surface area contributed by atoms with Crippen LogP contribution in [0.4, 0.5) is 5.69 Å². The van der Waals surface area contributed by atoms with Gasteiger partial charge in [-0.3, -0.25) is 4.79 Å². The van der Waals surface area contributed by atoms with Crippen LogP contribution in [0.5, 0.6) is 11.6 Å². The second-order valence-electron chi connectivity index (χ2n) is 4.18. The first-order valence-electron chi connectivity index (χ1n) is 6.48. The molecule has 2 aromatic rings. The fraction of sp³-hybridized carbons (Fsp3) is 0.200. The zero-order chi connectivity index (χ0) is 15.1. The zero-order valence-electron chi connectivity index (χ0n) is 11.7. The van der Waals surface area contributed by atoms with Crippen molar-refractivity contribution >= 4 is 11.6 Å². The number of methoxy groups -OCH3 is 1. The summed E-state index contributed by atoms with van der Waals surface area (Å²) < 4.78 is 10.5. The van der Waals surface area contributed by atoms with E-state index in [2.05, 4.69) is 10.3 Å². The number of ether oxygens (including phenoxy) is 2. The molecule has 0 aliphatic heterocycles. The van der Waals surface area contributed by atoms with Crippen LogP contribution in [-0.4, -0.2) is 31.2 Å². The van der Waals surface area contributed by atoms with Crippen molar-refractivity contribution in [1.82, 2.24) is 4.98 Å². The number of pyridine rings is 1. The van der Waals surface area contributed by atoms with Crippen LogP contribution in [0.1, 0.15) is 10.4 Å². The molecular weight excluding hydrogens is 270 g/mol. The van der Waals surface area contributed by atoms with E-state index in [1.54, 1.807) is 42.6 Å². The van der Waals surface area contributed by atoms with Gasteiger partial charge < -0.3 is 20.5 Å². The lowest BCUT2D eigenvalue weighted by Crippen LogP contribution is -2.14. The van der Waals surface area contributed by atoms with Gasteiger partial charge in [0.15, 0.2) is 0 Å². The predicted molar refractivity (Wildman–Crippen MR) is 79.7 cm³/mol. The zero-order valence-corrected chi connectivity index (χ0v) is 11.7. The maximum absolute atomic E-state index is 12.2. The molecular formula is C15H17N3O3. The van der Waals surface area contributed by atoms with Crippen molar-refractivity contribution < 1.29 is 14.3 Å². The Balaban J connectivity index is 2.12. The molecule has 21 heavy (non-hydrogen) atoms. The topological polar surface area (TPSA) is 86.5 Å². The fourth-order valence-electron chi connectivity index (χ4n) is 1.77. The number of nitrogens with two attached hydrogens (primary N) is 1. The fourth-order valence-corrected chi connectivity index (χ4v) is 1.77. The molecule has 1 heterocycles. The van der Waals surface area contributed by atoms with Crippen LogP contribution < -0.4 is 20.5 Å². The summed E-state index contributed by atoms with van der Waals surface area (Å²) in [6, 6.07) is 10.4. The number of amides is 1. The quantitative estimate of drug-likeness (QED) is 0.844. The van der Waals surface area contributed by atoms with Crippen LogP contribution in [0.25, 0.3) is 0 Å². The number of hydrogen-bond donors (Lipinski definition) is 2. The SMILES string of the molecule is COc1ncccc1C(=O)Nc1cccc(OCCN)c1. The van der Waals surface area contributed by atoms with Crippen molar-refractivity contribution in [2.45, 2.75) is 0 Å². The number of benzene rings is 1. The third-order valence-corrected chi connectivity index (χ3v) is 2.69. The Hall–Kier alpha value is -2.60. The van der Waals surface area contributed by atoms with Gasteiger partial charge in [-0.25, -0.2) is 4.98 Å². The van der Waals surface area contributed by atoms with Gasteiger partial charge in [-0.15, -0.1) is 0 Å². The van der Waals surface area contributed by atoms with E-state index in [1.165, 1.54) is 7.11 Å². The second-order valence-corrected chi connectivity index (χ2v) is 4.18. The Morgan fingerprint density at radius 3 is 2.95 bits per heavy atom. The molecule has 1 aromatic carbocycles. The van der Waals surface area contributed by atoms with Crippen LogP contribution in [0.15, 0.2) is 42.6 Å². The first-order chi connectivity index (χ1) is 10.2. The molecule has 0 saturated carbocycles. The molecule has 6 nitrogen and oxygen atoms in total. The summed E-state index contributed by atoms with van der Waals surface area (Å²) in [5.41, 5.74) is 6.38. The van der Waals surface area contributed by atoms with Crippen LogP contribution in [0, 0.1) is 0 Å². The molecule has 0 fully saturated rings. The van der Waals surface area contributed by atoms with E-state index in [1.807, 2.05) is 0 Å². The summed E-state index contributed by atoms with van der Waals surface area (Å²) >= 11 is 0. The van der Waals surface area contributed by atoms with Gasteiger partial charge >= 0.3 is 0 Å². The van der Waals surface area contributed by atoms with Crippen LogP contribution >= 0.6 is 0 Å². The summed E-state index contributed by atoms with van der Waals surface area (Å²) in [6.45, 7) is 0.858. The third-order valence-electron chi connectivity index (χ3n) is 2.69. The molecule has 110 valence electrons. The lowest BCUT2D eigenvalue weighted by Gasteiger charge is -2.10. The Kier molecular flexibility index (Phi) is 5.11. The Morgan fingerprint density at radius 2 is 2.19 bits per heavy atom. The number of nitrogens with one attached hydrogen (secondary N) is 1. The van der Waals surface area contributed by atoms with E-state index in [4.69, 9.17) is 15.2 Å². The van der Waals surface area contributed by atoms with Gasteiger partial charge in [0.05, 0.1) is 7.11 Å². The highest BCUT2D eigenvalue weighted by molar-refractivity contribution is 6.05. The highest BCUT2D eigenvalue weighted by Gasteiger charge is 2.13. The summed E-state index contributed by atoms with van der Waals surface area (Å²) in [4.78, 5) is 16.2. The van der Waals surface area contributed by atoms with E-state index < -0.39 is 0 Å². The van der Waals surface area contributed by atoms with Crippen molar-refractivity contribution in [3.8, 4) is 11.6 Å². The first-order valence-corrected chi connectivity index (χ1v) is 6.48. The molecule has 0 saturated heterocycles. The molecule has 3 N–H and O–H groups in total. The maximum atomic E-state index is 12.2. The Bertz CT molecular complexity index is 617. The Morgan fingerprint density at radius 1 is 1.33 bits per heavy atom. The smallest absolute Gasteiger partial charge is 0.261 e. The minimum Gasteiger partial charge on any atom is -0.492 e. The number of carbonyl (C=O) groups is 1. The molecule has 1 aromatic heterocycles. The van der Waals surface area contributed by atoms with Gasteiger partial charge in [-0.1, -0.05) is 6.07 Å². The lowest BCUT2D eigenvalue weighted by molar-refractivity contribution is 0.102. The monoisotopic (exact) mass is 287 g/mol. The number of nitrogens with zero attached hydrogens (tertiary/aromatic N) is 1. The van der Waals surface area contributed by atoms with Crippen molar-refractivity contribution in [3.63, 3.8) is 0 Å². The molecule has 0 bridgehead atoms. The number of hydrogen-bond acceptors (Lipinski definition) is 5. The summed E-state index contributed by atoms with van der Waals surface area (Å²) in [5.74, 6) is 0.637. The van der Waals surface area contributed by atoms with Crippen LogP contribution in [-0.2, 0) is 0 Å². The minimum absolute atomic E-state index is 0.283. The summed E-state index contributed by atoms with van der Waals surface area (Å²) in [5, 5.41) is 2.78. The van der Waals surface area contributed by atoms with Gasteiger partial charge in [0.2, 0.25) is 5.88 Å². The van der Waals surface area contributed by atoms with Crippen LogP contribution in [0.3, 0.4) is 0 Å². The average molecular weight is 287 g/mol. The van der Waals surface area contributed by atoms with Gasteiger partial charge in [-0.05, 0) is 24.3 Å². The van der Waals surface area contributed by atoms with Gasteiger partial charge in [0.1, 0.15) is 17.9 Å². The lowest BCUT2D eigenvalue weighted by atomic mass is 10.2.